The van der Waals surface area contributed by atoms with Crippen molar-refractivity contribution in [3.8, 4) is 0 Å². The highest BCUT2D eigenvalue weighted by Gasteiger charge is 2.21. The molecule has 0 saturated carbocycles. The molecule has 1 saturated heterocycles. The molecule has 0 aliphatic carbocycles. The molecule has 4 heteroatoms. The average Bonchev–Trinajstić information content (AvgIpc) is 2.43. The molecule has 1 aliphatic heterocycles. The van der Waals surface area contributed by atoms with Gasteiger partial charge in [0.2, 0.25) is 5.91 Å². The second-order valence-corrected chi connectivity index (χ2v) is 5.92. The fourth-order valence-corrected chi connectivity index (χ4v) is 2.58. The van der Waals surface area contributed by atoms with Crippen LogP contribution in [0.2, 0.25) is 0 Å². The van der Waals surface area contributed by atoms with Crippen molar-refractivity contribution < 1.29 is 4.79 Å². The van der Waals surface area contributed by atoms with Crippen LogP contribution in [0.4, 0.5) is 5.69 Å². The second-order valence-electron chi connectivity index (χ2n) is 5.92. The topological polar surface area (TPSA) is 44.4 Å². The quantitative estimate of drug-likeness (QED) is 0.883. The first-order valence-electron chi connectivity index (χ1n) is 7.32. The zero-order valence-electron chi connectivity index (χ0n) is 12.7. The molecule has 1 aromatic carbocycles. The normalized spacial score (nSPS) is 19.1. The van der Waals surface area contributed by atoms with E-state index in [4.69, 9.17) is 0 Å². The lowest BCUT2D eigenvalue weighted by Gasteiger charge is -2.22. The van der Waals surface area contributed by atoms with E-state index in [1.165, 1.54) is 5.56 Å². The lowest BCUT2D eigenvalue weighted by Crippen LogP contribution is -2.37. The summed E-state index contributed by atoms with van der Waals surface area (Å²) in [6, 6.07) is 6.28. The van der Waals surface area contributed by atoms with Crippen LogP contribution >= 0.6 is 0 Å². The standard InChI is InChI=1S/C16H25N3O/c1-12-6-7-13(11-19(2)3)9-15(12)18-16(20)14-5-4-8-17-10-14/h6-7,9,14,17H,4-5,8,10-11H2,1-3H3,(H,18,20). The van der Waals surface area contributed by atoms with Gasteiger partial charge < -0.3 is 15.5 Å². The van der Waals surface area contributed by atoms with Gasteiger partial charge in [0.25, 0.3) is 0 Å². The molecule has 4 nitrogen and oxygen atoms in total. The summed E-state index contributed by atoms with van der Waals surface area (Å²) in [6.45, 7) is 4.74. The summed E-state index contributed by atoms with van der Waals surface area (Å²) in [5, 5.41) is 6.38. The molecule has 1 unspecified atom stereocenters. The monoisotopic (exact) mass is 275 g/mol. The van der Waals surface area contributed by atoms with Crippen LogP contribution < -0.4 is 10.6 Å². The predicted octanol–water partition coefficient (Wildman–Crippen LogP) is 1.99. The highest BCUT2D eigenvalue weighted by molar-refractivity contribution is 5.93. The molecular formula is C16H25N3O. The van der Waals surface area contributed by atoms with E-state index in [2.05, 4.69) is 33.7 Å². The Morgan fingerprint density at radius 3 is 2.90 bits per heavy atom. The number of piperidine rings is 1. The van der Waals surface area contributed by atoms with Crippen LogP contribution in [-0.2, 0) is 11.3 Å². The molecule has 1 heterocycles. The van der Waals surface area contributed by atoms with E-state index in [1.807, 2.05) is 21.0 Å². The van der Waals surface area contributed by atoms with Crippen molar-refractivity contribution in [2.24, 2.45) is 5.92 Å². The minimum atomic E-state index is 0.0978. The summed E-state index contributed by atoms with van der Waals surface area (Å²) in [4.78, 5) is 14.4. The second kappa shape index (κ2) is 6.86. The third-order valence-electron chi connectivity index (χ3n) is 3.73. The number of aryl methyl sites for hydroxylation is 1. The molecule has 1 aliphatic rings. The molecule has 0 spiro atoms. The van der Waals surface area contributed by atoms with Crippen LogP contribution in [-0.4, -0.2) is 38.0 Å². The fourth-order valence-electron chi connectivity index (χ4n) is 2.58. The molecule has 20 heavy (non-hydrogen) atoms. The van der Waals surface area contributed by atoms with Crippen LogP contribution in [0.3, 0.4) is 0 Å². The van der Waals surface area contributed by atoms with E-state index in [0.717, 1.165) is 43.7 Å². The molecular weight excluding hydrogens is 250 g/mol. The van der Waals surface area contributed by atoms with Crippen LogP contribution in [0, 0.1) is 12.8 Å². The van der Waals surface area contributed by atoms with E-state index in [9.17, 15) is 4.79 Å². The SMILES string of the molecule is Cc1ccc(CN(C)C)cc1NC(=O)C1CCCNC1. The molecule has 0 aromatic heterocycles. The average molecular weight is 275 g/mol. The number of nitrogens with zero attached hydrogens (tertiary/aromatic N) is 1. The van der Waals surface area contributed by atoms with Gasteiger partial charge in [-0.1, -0.05) is 12.1 Å². The zero-order valence-corrected chi connectivity index (χ0v) is 12.7. The summed E-state index contributed by atoms with van der Waals surface area (Å²) >= 11 is 0. The van der Waals surface area contributed by atoms with Gasteiger partial charge in [0, 0.05) is 18.8 Å². The Balaban J connectivity index is 2.05. The molecule has 2 N–H and O–H groups in total. The number of carbonyl (C=O) groups is 1. The molecule has 0 bridgehead atoms. The number of rotatable bonds is 4. The maximum absolute atomic E-state index is 12.3. The van der Waals surface area contributed by atoms with Crippen molar-refractivity contribution in [2.45, 2.75) is 26.3 Å². The molecule has 110 valence electrons. The maximum atomic E-state index is 12.3. The zero-order chi connectivity index (χ0) is 14.5. The third-order valence-corrected chi connectivity index (χ3v) is 3.73. The molecule has 0 radical (unpaired) electrons. The van der Waals surface area contributed by atoms with Crippen molar-refractivity contribution in [3.63, 3.8) is 0 Å². The highest BCUT2D eigenvalue weighted by atomic mass is 16.1. The van der Waals surface area contributed by atoms with Gasteiger partial charge in [-0.15, -0.1) is 0 Å². The van der Waals surface area contributed by atoms with Gasteiger partial charge in [-0.25, -0.2) is 0 Å². The van der Waals surface area contributed by atoms with Crippen molar-refractivity contribution in [1.82, 2.24) is 10.2 Å². The lowest BCUT2D eigenvalue weighted by atomic mass is 9.98. The van der Waals surface area contributed by atoms with E-state index < -0.39 is 0 Å². The number of anilines is 1. The summed E-state index contributed by atoms with van der Waals surface area (Å²) in [5.74, 6) is 0.239. The Hall–Kier alpha value is -1.39. The molecule has 2 rings (SSSR count). The van der Waals surface area contributed by atoms with Crippen molar-refractivity contribution in [1.29, 1.82) is 0 Å². The summed E-state index contributed by atoms with van der Waals surface area (Å²) in [6.07, 6.45) is 2.06. The van der Waals surface area contributed by atoms with Crippen molar-refractivity contribution >= 4 is 11.6 Å². The summed E-state index contributed by atoms with van der Waals surface area (Å²) < 4.78 is 0. The number of carbonyl (C=O) groups excluding carboxylic acids is 1. The minimum Gasteiger partial charge on any atom is -0.326 e. The Labute approximate surface area is 121 Å². The third kappa shape index (κ3) is 4.05. The molecule has 1 aromatic rings. The Morgan fingerprint density at radius 1 is 1.45 bits per heavy atom. The first-order valence-corrected chi connectivity index (χ1v) is 7.32. The van der Waals surface area contributed by atoms with Gasteiger partial charge in [-0.2, -0.15) is 0 Å². The summed E-state index contributed by atoms with van der Waals surface area (Å²) in [5.41, 5.74) is 3.28. The van der Waals surface area contributed by atoms with Gasteiger partial charge in [-0.3, -0.25) is 4.79 Å². The molecule has 1 atom stereocenters. The van der Waals surface area contributed by atoms with Gasteiger partial charge >= 0.3 is 0 Å². The Kier molecular flexibility index (Phi) is 5.15. The van der Waals surface area contributed by atoms with Crippen molar-refractivity contribution in [3.05, 3.63) is 29.3 Å². The van der Waals surface area contributed by atoms with E-state index in [0.29, 0.717) is 0 Å². The van der Waals surface area contributed by atoms with Crippen molar-refractivity contribution in [2.75, 3.05) is 32.5 Å². The van der Waals surface area contributed by atoms with Crippen LogP contribution in [0.25, 0.3) is 0 Å². The molecule has 1 amide bonds. The highest BCUT2D eigenvalue weighted by Crippen LogP contribution is 2.20. The number of amides is 1. The van der Waals surface area contributed by atoms with Crippen LogP contribution in [0.15, 0.2) is 18.2 Å². The first-order chi connectivity index (χ1) is 9.56. The predicted molar refractivity (Wildman–Crippen MR) is 82.8 cm³/mol. The first kappa shape index (κ1) is 15.0. The summed E-state index contributed by atoms with van der Waals surface area (Å²) in [7, 11) is 4.09. The number of hydrogen-bond donors (Lipinski definition) is 2. The number of hydrogen-bond acceptors (Lipinski definition) is 3. The van der Waals surface area contributed by atoms with Gasteiger partial charge in [0.05, 0.1) is 5.92 Å². The number of nitrogens with one attached hydrogen (secondary N) is 2. The van der Waals surface area contributed by atoms with Gasteiger partial charge in [0.15, 0.2) is 0 Å². The van der Waals surface area contributed by atoms with Crippen LogP contribution in [0.1, 0.15) is 24.0 Å². The Bertz CT molecular complexity index is 465. The largest absolute Gasteiger partial charge is 0.326 e. The van der Waals surface area contributed by atoms with E-state index in [-0.39, 0.29) is 11.8 Å². The van der Waals surface area contributed by atoms with E-state index in [1.54, 1.807) is 0 Å². The lowest BCUT2D eigenvalue weighted by molar-refractivity contribution is -0.120. The smallest absolute Gasteiger partial charge is 0.228 e. The number of benzene rings is 1. The van der Waals surface area contributed by atoms with E-state index >= 15 is 0 Å². The van der Waals surface area contributed by atoms with Gasteiger partial charge in [-0.05, 0) is 57.6 Å². The maximum Gasteiger partial charge on any atom is 0.228 e. The van der Waals surface area contributed by atoms with Crippen LogP contribution in [0.5, 0.6) is 0 Å². The van der Waals surface area contributed by atoms with Gasteiger partial charge in [0.1, 0.15) is 0 Å². The Morgan fingerprint density at radius 2 is 2.25 bits per heavy atom. The fraction of sp³-hybridized carbons (Fsp3) is 0.562. The molecule has 1 fully saturated rings. The minimum absolute atomic E-state index is 0.0978.